The Morgan fingerprint density at radius 1 is 1.31 bits per heavy atom. The van der Waals surface area contributed by atoms with Crippen LogP contribution in [0, 0.1) is 0 Å². The van der Waals surface area contributed by atoms with Gasteiger partial charge in [0, 0.05) is 6.54 Å². The van der Waals surface area contributed by atoms with E-state index in [1.54, 1.807) is 11.5 Å². The predicted octanol–water partition coefficient (Wildman–Crippen LogP) is 2.51. The quantitative estimate of drug-likeness (QED) is 0.783. The minimum atomic E-state index is -4.53. The van der Waals surface area contributed by atoms with Crippen molar-refractivity contribution in [1.29, 1.82) is 0 Å². The lowest BCUT2D eigenvalue weighted by atomic mass is 10.1. The van der Waals surface area contributed by atoms with Crippen molar-refractivity contribution in [2.24, 2.45) is 0 Å². The van der Waals surface area contributed by atoms with Crippen LogP contribution in [0.3, 0.4) is 0 Å². The highest BCUT2D eigenvalue weighted by atomic mass is 32.2. The SMILES string of the molecule is CCn1c(OC)nnc1[C@@H](C)NS(=O)(=O)Cc1cccc(C(F)(F)F)c1. The molecule has 0 aliphatic carbocycles. The van der Waals surface area contributed by atoms with E-state index in [-0.39, 0.29) is 11.6 Å². The molecule has 0 radical (unpaired) electrons. The fourth-order valence-corrected chi connectivity index (χ4v) is 3.83. The number of nitrogens with one attached hydrogen (secondary N) is 1. The van der Waals surface area contributed by atoms with Crippen LogP contribution < -0.4 is 9.46 Å². The summed E-state index contributed by atoms with van der Waals surface area (Å²) in [6.07, 6.45) is -4.53. The Hall–Kier alpha value is -2.14. The molecule has 2 rings (SSSR count). The Morgan fingerprint density at radius 2 is 2.00 bits per heavy atom. The molecule has 1 atom stereocenters. The molecule has 0 amide bonds. The molecule has 7 nitrogen and oxygen atoms in total. The van der Waals surface area contributed by atoms with Crippen LogP contribution in [-0.2, 0) is 28.5 Å². The van der Waals surface area contributed by atoms with Gasteiger partial charge in [0.2, 0.25) is 10.0 Å². The van der Waals surface area contributed by atoms with Crippen LogP contribution in [0.2, 0.25) is 0 Å². The summed E-state index contributed by atoms with van der Waals surface area (Å²) in [6.45, 7) is 3.85. The third-order valence-corrected chi connectivity index (χ3v) is 5.02. The molecule has 144 valence electrons. The molecule has 1 aromatic carbocycles. The van der Waals surface area contributed by atoms with E-state index in [1.165, 1.54) is 19.2 Å². The van der Waals surface area contributed by atoms with Gasteiger partial charge in [0.1, 0.15) is 0 Å². The second-order valence-electron chi connectivity index (χ2n) is 5.59. The largest absolute Gasteiger partial charge is 0.467 e. The Balaban J connectivity index is 2.18. The zero-order valence-corrected chi connectivity index (χ0v) is 15.2. The maximum absolute atomic E-state index is 12.8. The monoisotopic (exact) mass is 392 g/mol. The standard InChI is InChI=1S/C15H19F3N4O3S/c1-4-22-13(19-20-14(22)25-3)10(2)21-26(23,24)9-11-6-5-7-12(8-11)15(16,17)18/h5-8,10,21H,4,9H2,1-3H3/t10-/m1/s1. The first kappa shape index (κ1) is 20.2. The third kappa shape index (κ3) is 4.73. The van der Waals surface area contributed by atoms with E-state index in [1.807, 2.05) is 6.92 Å². The number of rotatable bonds is 7. The average Bonchev–Trinajstić information content (AvgIpc) is 2.96. The third-order valence-electron chi connectivity index (χ3n) is 3.60. The van der Waals surface area contributed by atoms with Crippen molar-refractivity contribution in [2.45, 2.75) is 38.4 Å². The first-order chi connectivity index (χ1) is 12.1. The summed E-state index contributed by atoms with van der Waals surface area (Å²) >= 11 is 0. The van der Waals surface area contributed by atoms with Gasteiger partial charge >= 0.3 is 12.2 Å². The van der Waals surface area contributed by atoms with Crippen LogP contribution in [-0.4, -0.2) is 30.3 Å². The van der Waals surface area contributed by atoms with E-state index in [4.69, 9.17) is 4.74 Å². The highest BCUT2D eigenvalue weighted by molar-refractivity contribution is 7.88. The van der Waals surface area contributed by atoms with Crippen molar-refractivity contribution < 1.29 is 26.3 Å². The molecule has 0 saturated carbocycles. The zero-order valence-electron chi connectivity index (χ0n) is 14.4. The molecular weight excluding hydrogens is 373 g/mol. The van der Waals surface area contributed by atoms with Crippen molar-refractivity contribution in [1.82, 2.24) is 19.5 Å². The minimum Gasteiger partial charge on any atom is -0.467 e. The van der Waals surface area contributed by atoms with Crippen LogP contribution >= 0.6 is 0 Å². The second kappa shape index (κ2) is 7.62. The van der Waals surface area contributed by atoms with Gasteiger partial charge in [-0.25, -0.2) is 13.1 Å². The van der Waals surface area contributed by atoms with Crippen LogP contribution in [0.15, 0.2) is 24.3 Å². The molecule has 2 aromatic rings. The summed E-state index contributed by atoms with van der Waals surface area (Å²) < 4.78 is 72.0. The average molecular weight is 392 g/mol. The van der Waals surface area contributed by atoms with Crippen molar-refractivity contribution in [2.75, 3.05) is 7.11 Å². The zero-order chi connectivity index (χ0) is 19.5. The van der Waals surface area contributed by atoms with Crippen LogP contribution in [0.4, 0.5) is 13.2 Å². The maximum Gasteiger partial charge on any atom is 0.416 e. The Morgan fingerprint density at radius 3 is 2.58 bits per heavy atom. The molecular formula is C15H19F3N4O3S. The molecule has 11 heteroatoms. The number of benzene rings is 1. The summed E-state index contributed by atoms with van der Waals surface area (Å²) in [6, 6.07) is 3.73. The molecule has 0 bridgehead atoms. The fourth-order valence-electron chi connectivity index (χ4n) is 2.49. The Bertz CT molecular complexity index is 865. The van der Waals surface area contributed by atoms with Gasteiger partial charge in [-0.1, -0.05) is 23.3 Å². The molecule has 1 heterocycles. The molecule has 0 spiro atoms. The normalized spacial score (nSPS) is 13.6. The molecule has 0 aliphatic heterocycles. The van der Waals surface area contributed by atoms with Crippen molar-refractivity contribution in [3.05, 3.63) is 41.2 Å². The van der Waals surface area contributed by atoms with Crippen LogP contribution in [0.1, 0.15) is 36.8 Å². The molecule has 0 aliphatic rings. The second-order valence-corrected chi connectivity index (χ2v) is 7.34. The predicted molar refractivity (Wildman–Crippen MR) is 87.9 cm³/mol. The van der Waals surface area contributed by atoms with Gasteiger partial charge < -0.3 is 4.74 Å². The van der Waals surface area contributed by atoms with E-state index in [0.29, 0.717) is 12.4 Å². The first-order valence-electron chi connectivity index (χ1n) is 7.70. The van der Waals surface area contributed by atoms with Gasteiger partial charge in [-0.2, -0.15) is 13.2 Å². The van der Waals surface area contributed by atoms with Gasteiger partial charge in [0.15, 0.2) is 5.82 Å². The van der Waals surface area contributed by atoms with E-state index in [9.17, 15) is 21.6 Å². The number of halogens is 3. The Labute approximate surface area is 149 Å². The number of methoxy groups -OCH3 is 1. The van der Waals surface area contributed by atoms with Crippen molar-refractivity contribution >= 4 is 10.0 Å². The molecule has 1 aromatic heterocycles. The summed E-state index contributed by atoms with van der Waals surface area (Å²) in [5.74, 6) is -0.240. The molecule has 0 saturated heterocycles. The number of alkyl halides is 3. The first-order valence-corrected chi connectivity index (χ1v) is 9.36. The summed E-state index contributed by atoms with van der Waals surface area (Å²) in [5.41, 5.74) is -0.859. The van der Waals surface area contributed by atoms with Crippen LogP contribution in [0.5, 0.6) is 6.01 Å². The molecule has 0 unspecified atom stereocenters. The van der Waals surface area contributed by atoms with Gasteiger partial charge in [-0.15, -0.1) is 5.10 Å². The molecule has 1 N–H and O–H groups in total. The topological polar surface area (TPSA) is 86.1 Å². The minimum absolute atomic E-state index is 0.0362. The number of aromatic nitrogens is 3. The highest BCUT2D eigenvalue weighted by Crippen LogP contribution is 2.30. The van der Waals surface area contributed by atoms with Gasteiger partial charge in [0.25, 0.3) is 0 Å². The summed E-state index contributed by atoms with van der Waals surface area (Å²) in [4.78, 5) is 0. The van der Waals surface area contributed by atoms with E-state index in [0.717, 1.165) is 12.1 Å². The molecule has 26 heavy (non-hydrogen) atoms. The van der Waals surface area contributed by atoms with Crippen LogP contribution in [0.25, 0.3) is 0 Å². The van der Waals surface area contributed by atoms with Crippen molar-refractivity contribution in [3.8, 4) is 6.01 Å². The maximum atomic E-state index is 12.8. The van der Waals surface area contributed by atoms with E-state index >= 15 is 0 Å². The van der Waals surface area contributed by atoms with Gasteiger partial charge in [-0.05, 0) is 25.5 Å². The summed E-state index contributed by atoms with van der Waals surface area (Å²) in [5, 5.41) is 7.72. The van der Waals surface area contributed by atoms with E-state index < -0.39 is 33.6 Å². The number of sulfonamides is 1. The molecule has 0 fully saturated rings. The lowest BCUT2D eigenvalue weighted by molar-refractivity contribution is -0.137. The highest BCUT2D eigenvalue weighted by Gasteiger charge is 2.31. The fraction of sp³-hybridized carbons (Fsp3) is 0.467. The van der Waals surface area contributed by atoms with Gasteiger partial charge in [0.05, 0.1) is 24.5 Å². The lowest BCUT2D eigenvalue weighted by Gasteiger charge is -2.15. The van der Waals surface area contributed by atoms with Gasteiger partial charge in [-0.3, -0.25) is 4.57 Å². The lowest BCUT2D eigenvalue weighted by Crippen LogP contribution is -2.30. The number of hydrogen-bond acceptors (Lipinski definition) is 5. The number of nitrogens with zero attached hydrogens (tertiary/aromatic N) is 3. The summed E-state index contributed by atoms with van der Waals surface area (Å²) in [7, 11) is -2.49. The number of hydrogen-bond donors (Lipinski definition) is 1. The van der Waals surface area contributed by atoms with Crippen molar-refractivity contribution in [3.63, 3.8) is 0 Å². The number of ether oxygens (including phenoxy) is 1. The van der Waals surface area contributed by atoms with E-state index in [2.05, 4.69) is 14.9 Å². The Kier molecular flexibility index (Phi) is 5.91. The smallest absolute Gasteiger partial charge is 0.416 e.